The summed E-state index contributed by atoms with van der Waals surface area (Å²) in [6.45, 7) is 4.37. The second-order valence-corrected chi connectivity index (χ2v) is 7.05. The molecule has 102 valence electrons. The topological polar surface area (TPSA) is 72.2 Å². The number of sulfonamides is 1. The van der Waals surface area contributed by atoms with Gasteiger partial charge in [-0.3, -0.25) is 4.72 Å². The molecular weight excluding hydrogens is 316 g/mol. The van der Waals surface area contributed by atoms with Gasteiger partial charge < -0.3 is 5.73 Å². The summed E-state index contributed by atoms with van der Waals surface area (Å²) in [5.41, 5.74) is 7.97. The molecule has 1 rings (SSSR count). The SMILES string of the molecule is Cc1cc(C)c(NS(=O)(=O)CCCCN)c(Br)c1. The minimum atomic E-state index is -3.30. The molecule has 0 aliphatic carbocycles. The number of nitrogens with two attached hydrogens (primary N) is 1. The van der Waals surface area contributed by atoms with Crippen LogP contribution in [-0.4, -0.2) is 20.7 Å². The Kier molecular flexibility index (Phi) is 5.62. The Morgan fingerprint density at radius 1 is 1.28 bits per heavy atom. The Bertz CT molecular complexity index is 492. The predicted molar refractivity (Wildman–Crippen MR) is 79.3 cm³/mol. The van der Waals surface area contributed by atoms with Crippen molar-refractivity contribution >= 4 is 31.6 Å². The van der Waals surface area contributed by atoms with Gasteiger partial charge in [-0.05, 0) is 66.4 Å². The summed E-state index contributed by atoms with van der Waals surface area (Å²) in [7, 11) is -3.30. The van der Waals surface area contributed by atoms with Crippen molar-refractivity contribution in [2.24, 2.45) is 5.73 Å². The predicted octanol–water partition coefficient (Wildman–Crippen LogP) is 2.55. The maximum absolute atomic E-state index is 11.9. The Balaban J connectivity index is 2.84. The van der Waals surface area contributed by atoms with Gasteiger partial charge >= 0.3 is 0 Å². The number of hydrogen-bond donors (Lipinski definition) is 2. The van der Waals surface area contributed by atoms with Crippen LogP contribution in [0, 0.1) is 13.8 Å². The molecule has 0 radical (unpaired) electrons. The highest BCUT2D eigenvalue weighted by atomic mass is 79.9. The molecule has 0 atom stereocenters. The number of anilines is 1. The number of benzene rings is 1. The van der Waals surface area contributed by atoms with E-state index in [9.17, 15) is 8.42 Å². The van der Waals surface area contributed by atoms with Crippen LogP contribution in [0.4, 0.5) is 5.69 Å². The molecule has 0 fully saturated rings. The fraction of sp³-hybridized carbons (Fsp3) is 0.500. The molecule has 4 nitrogen and oxygen atoms in total. The second-order valence-electron chi connectivity index (χ2n) is 4.36. The number of nitrogens with one attached hydrogen (secondary N) is 1. The average molecular weight is 335 g/mol. The quantitative estimate of drug-likeness (QED) is 0.785. The first-order valence-electron chi connectivity index (χ1n) is 5.83. The first-order chi connectivity index (χ1) is 8.35. The minimum Gasteiger partial charge on any atom is -0.330 e. The fourth-order valence-electron chi connectivity index (χ4n) is 1.69. The monoisotopic (exact) mass is 334 g/mol. The van der Waals surface area contributed by atoms with Crippen molar-refractivity contribution in [2.75, 3.05) is 17.0 Å². The van der Waals surface area contributed by atoms with Crippen LogP contribution in [0.1, 0.15) is 24.0 Å². The summed E-state index contributed by atoms with van der Waals surface area (Å²) < 4.78 is 27.2. The zero-order valence-electron chi connectivity index (χ0n) is 10.7. The van der Waals surface area contributed by atoms with Gasteiger partial charge in [0.15, 0.2) is 0 Å². The number of aryl methyl sites for hydroxylation is 2. The van der Waals surface area contributed by atoms with Gasteiger partial charge in [-0.2, -0.15) is 0 Å². The molecule has 0 amide bonds. The molecule has 0 heterocycles. The van der Waals surface area contributed by atoms with Gasteiger partial charge in [-0.25, -0.2) is 8.42 Å². The summed E-state index contributed by atoms with van der Waals surface area (Å²) >= 11 is 3.39. The van der Waals surface area contributed by atoms with E-state index < -0.39 is 10.0 Å². The molecule has 3 N–H and O–H groups in total. The van der Waals surface area contributed by atoms with Crippen molar-refractivity contribution in [3.8, 4) is 0 Å². The lowest BCUT2D eigenvalue weighted by Gasteiger charge is -2.13. The first-order valence-corrected chi connectivity index (χ1v) is 8.27. The van der Waals surface area contributed by atoms with Crippen molar-refractivity contribution in [2.45, 2.75) is 26.7 Å². The summed E-state index contributed by atoms with van der Waals surface area (Å²) in [6.07, 6.45) is 1.29. The van der Waals surface area contributed by atoms with Crippen molar-refractivity contribution < 1.29 is 8.42 Å². The van der Waals surface area contributed by atoms with Crippen molar-refractivity contribution in [3.05, 3.63) is 27.7 Å². The van der Waals surface area contributed by atoms with Crippen LogP contribution < -0.4 is 10.5 Å². The molecule has 18 heavy (non-hydrogen) atoms. The van der Waals surface area contributed by atoms with Crippen LogP contribution in [0.25, 0.3) is 0 Å². The molecule has 0 aliphatic rings. The largest absolute Gasteiger partial charge is 0.330 e. The fourth-order valence-corrected chi connectivity index (χ4v) is 3.86. The van der Waals surface area contributed by atoms with Crippen molar-refractivity contribution in [1.29, 1.82) is 0 Å². The third kappa shape index (κ3) is 4.59. The lowest BCUT2D eigenvalue weighted by atomic mass is 10.1. The third-order valence-corrected chi connectivity index (χ3v) is 4.52. The Morgan fingerprint density at radius 2 is 1.94 bits per heavy atom. The van der Waals surface area contributed by atoms with Crippen molar-refractivity contribution in [3.63, 3.8) is 0 Å². The van der Waals surface area contributed by atoms with E-state index in [2.05, 4.69) is 20.7 Å². The Labute approximate surface area is 117 Å². The Hall–Kier alpha value is -0.590. The number of halogens is 1. The summed E-state index contributed by atoms with van der Waals surface area (Å²) in [5.74, 6) is 0.101. The maximum atomic E-state index is 11.9. The van der Waals surface area contributed by atoms with Gasteiger partial charge in [0.2, 0.25) is 10.0 Å². The van der Waals surface area contributed by atoms with Gasteiger partial charge in [0.1, 0.15) is 0 Å². The highest BCUT2D eigenvalue weighted by Gasteiger charge is 2.14. The number of unbranched alkanes of at least 4 members (excludes halogenated alkanes) is 1. The maximum Gasteiger partial charge on any atom is 0.232 e. The molecule has 0 spiro atoms. The normalized spacial score (nSPS) is 11.6. The van der Waals surface area contributed by atoms with Gasteiger partial charge in [-0.15, -0.1) is 0 Å². The third-order valence-electron chi connectivity index (χ3n) is 2.56. The van der Waals surface area contributed by atoms with E-state index in [-0.39, 0.29) is 5.75 Å². The molecule has 0 bridgehead atoms. The lowest BCUT2D eigenvalue weighted by molar-refractivity contribution is 0.597. The molecule has 0 aliphatic heterocycles. The lowest BCUT2D eigenvalue weighted by Crippen LogP contribution is -2.18. The highest BCUT2D eigenvalue weighted by molar-refractivity contribution is 9.10. The standard InChI is InChI=1S/C12H19BrN2O2S/c1-9-7-10(2)12(11(13)8-9)15-18(16,17)6-4-3-5-14/h7-8,15H,3-6,14H2,1-2H3. The molecule has 0 aromatic heterocycles. The summed E-state index contributed by atoms with van der Waals surface area (Å²) in [5, 5.41) is 0. The zero-order valence-corrected chi connectivity index (χ0v) is 13.1. The molecule has 0 saturated carbocycles. The second kappa shape index (κ2) is 6.54. The van der Waals surface area contributed by atoms with Gasteiger partial charge in [0.05, 0.1) is 11.4 Å². The van der Waals surface area contributed by atoms with E-state index in [0.29, 0.717) is 18.7 Å². The number of rotatable bonds is 6. The van der Waals surface area contributed by atoms with Gasteiger partial charge in [-0.1, -0.05) is 6.07 Å². The highest BCUT2D eigenvalue weighted by Crippen LogP contribution is 2.28. The van der Waals surface area contributed by atoms with Crippen LogP contribution in [0.15, 0.2) is 16.6 Å². The van der Waals surface area contributed by atoms with Gasteiger partial charge in [0.25, 0.3) is 0 Å². The van der Waals surface area contributed by atoms with Crippen LogP contribution in [-0.2, 0) is 10.0 Å². The smallest absolute Gasteiger partial charge is 0.232 e. The minimum absolute atomic E-state index is 0.101. The average Bonchev–Trinajstić information content (AvgIpc) is 2.23. The van der Waals surface area contributed by atoms with E-state index in [4.69, 9.17) is 5.73 Å². The van der Waals surface area contributed by atoms with E-state index in [0.717, 1.165) is 22.0 Å². The molecular formula is C12H19BrN2O2S. The summed E-state index contributed by atoms with van der Waals surface area (Å²) in [6, 6.07) is 3.84. The van der Waals surface area contributed by atoms with Crippen LogP contribution in [0.3, 0.4) is 0 Å². The first kappa shape index (κ1) is 15.5. The van der Waals surface area contributed by atoms with E-state index in [1.54, 1.807) is 0 Å². The molecule has 6 heteroatoms. The Morgan fingerprint density at radius 3 is 2.50 bits per heavy atom. The molecule has 1 aromatic rings. The molecule has 1 aromatic carbocycles. The van der Waals surface area contributed by atoms with E-state index in [1.165, 1.54) is 0 Å². The summed E-state index contributed by atoms with van der Waals surface area (Å²) in [4.78, 5) is 0. The van der Waals surface area contributed by atoms with E-state index in [1.807, 2.05) is 26.0 Å². The van der Waals surface area contributed by atoms with Crippen LogP contribution in [0.2, 0.25) is 0 Å². The van der Waals surface area contributed by atoms with E-state index >= 15 is 0 Å². The van der Waals surface area contributed by atoms with Gasteiger partial charge in [0, 0.05) is 4.47 Å². The van der Waals surface area contributed by atoms with Crippen molar-refractivity contribution in [1.82, 2.24) is 0 Å². The number of hydrogen-bond acceptors (Lipinski definition) is 3. The van der Waals surface area contributed by atoms with Crippen LogP contribution in [0.5, 0.6) is 0 Å². The molecule has 0 unspecified atom stereocenters. The van der Waals surface area contributed by atoms with Crippen LogP contribution >= 0.6 is 15.9 Å². The zero-order chi connectivity index (χ0) is 13.8. The molecule has 0 saturated heterocycles.